The molecule has 0 spiro atoms. The van der Waals surface area contributed by atoms with Crippen molar-refractivity contribution in [1.82, 2.24) is 0 Å². The first-order valence-electron chi connectivity index (χ1n) is 7.70. The van der Waals surface area contributed by atoms with E-state index >= 15 is 0 Å². The molecule has 0 atom stereocenters. The Morgan fingerprint density at radius 2 is 0.786 bits per heavy atom. The van der Waals surface area contributed by atoms with Gasteiger partial charge in [0, 0.05) is 24.3 Å². The minimum atomic E-state index is -1.34. The summed E-state index contributed by atoms with van der Waals surface area (Å²) in [6.07, 6.45) is 3.69. The molecular formula is C20H24O8. The van der Waals surface area contributed by atoms with Crippen molar-refractivity contribution in [2.75, 3.05) is 26.4 Å². The average molecular weight is 392 g/mol. The Kier molecular flexibility index (Phi) is 14.8. The second-order valence-corrected chi connectivity index (χ2v) is 5.00. The molecule has 0 unspecified atom stereocenters. The standard InChI is InChI=1S/C17H20O8.C3H4/c1-5-13(18)22-9-17(10-23-14(19)6-2,11-24-15(20)7-3)12-25-16(21)8-4;1-3-2/h5-8H,1-4,9-12H2;1-2H2. The lowest BCUT2D eigenvalue weighted by Crippen LogP contribution is -2.43. The Labute approximate surface area is 164 Å². The molecule has 8 heteroatoms. The minimum absolute atomic E-state index is 0.378. The monoisotopic (exact) mass is 392 g/mol. The SMILES string of the molecule is C=C=C.C=CC(=O)OCC(COC(=O)C=C)(COC(=O)C=C)COC(=O)C=C. The molecule has 152 valence electrons. The van der Waals surface area contributed by atoms with Gasteiger partial charge in [-0.3, -0.25) is 0 Å². The van der Waals surface area contributed by atoms with Crippen molar-refractivity contribution in [3.05, 3.63) is 69.5 Å². The Bertz CT molecular complexity index is 537. The fourth-order valence-corrected chi connectivity index (χ4v) is 1.38. The fourth-order valence-electron chi connectivity index (χ4n) is 1.38. The van der Waals surface area contributed by atoms with Gasteiger partial charge in [-0.25, -0.2) is 19.2 Å². The molecule has 0 N–H and O–H groups in total. The maximum absolute atomic E-state index is 11.3. The number of hydrogen-bond acceptors (Lipinski definition) is 8. The van der Waals surface area contributed by atoms with Crippen LogP contribution in [-0.4, -0.2) is 50.3 Å². The first-order chi connectivity index (χ1) is 13.2. The van der Waals surface area contributed by atoms with Gasteiger partial charge in [0.1, 0.15) is 31.8 Å². The van der Waals surface area contributed by atoms with E-state index in [0.29, 0.717) is 0 Å². The number of hydrogen-bond donors (Lipinski definition) is 0. The first-order valence-corrected chi connectivity index (χ1v) is 7.70. The van der Waals surface area contributed by atoms with Crippen molar-refractivity contribution in [2.24, 2.45) is 5.41 Å². The lowest BCUT2D eigenvalue weighted by atomic mass is 9.92. The summed E-state index contributed by atoms with van der Waals surface area (Å²) in [7, 11) is 0. The first kappa shape index (κ1) is 26.6. The third-order valence-corrected chi connectivity index (χ3v) is 2.75. The molecule has 0 aliphatic heterocycles. The molecule has 0 saturated carbocycles. The van der Waals surface area contributed by atoms with Crippen LogP contribution in [0.2, 0.25) is 0 Å². The molecule has 0 aliphatic carbocycles. The normalized spacial score (nSPS) is 9.14. The molecule has 0 aromatic carbocycles. The number of carbonyl (C=O) groups is 4. The highest BCUT2D eigenvalue weighted by Gasteiger charge is 2.37. The van der Waals surface area contributed by atoms with Crippen LogP contribution >= 0.6 is 0 Å². The third-order valence-electron chi connectivity index (χ3n) is 2.75. The van der Waals surface area contributed by atoms with Crippen molar-refractivity contribution in [3.63, 3.8) is 0 Å². The molecule has 0 radical (unpaired) electrons. The largest absolute Gasteiger partial charge is 0.462 e. The summed E-state index contributed by atoms with van der Waals surface area (Å²) in [5.41, 5.74) is 0.911. The summed E-state index contributed by atoms with van der Waals surface area (Å²) in [5, 5.41) is 0. The van der Waals surface area contributed by atoms with E-state index in [9.17, 15) is 19.2 Å². The van der Waals surface area contributed by atoms with Crippen LogP contribution in [0.4, 0.5) is 0 Å². The zero-order valence-corrected chi connectivity index (χ0v) is 15.6. The van der Waals surface area contributed by atoms with Gasteiger partial charge in [0.2, 0.25) is 0 Å². The van der Waals surface area contributed by atoms with E-state index in [4.69, 9.17) is 18.9 Å². The lowest BCUT2D eigenvalue weighted by molar-refractivity contribution is -0.164. The van der Waals surface area contributed by atoms with E-state index in [1.807, 2.05) is 0 Å². The third kappa shape index (κ3) is 12.7. The van der Waals surface area contributed by atoms with Crippen molar-refractivity contribution in [1.29, 1.82) is 0 Å². The van der Waals surface area contributed by atoms with Gasteiger partial charge < -0.3 is 18.9 Å². The molecular weight excluding hydrogens is 368 g/mol. The van der Waals surface area contributed by atoms with Crippen LogP contribution < -0.4 is 0 Å². The van der Waals surface area contributed by atoms with E-state index in [1.54, 1.807) is 0 Å². The smallest absolute Gasteiger partial charge is 0.330 e. The van der Waals surface area contributed by atoms with Crippen LogP contribution in [0.25, 0.3) is 0 Å². The number of carbonyl (C=O) groups excluding carboxylic acids is 4. The average Bonchev–Trinajstić information content (AvgIpc) is 2.71. The molecule has 0 fully saturated rings. The van der Waals surface area contributed by atoms with Crippen molar-refractivity contribution < 1.29 is 38.1 Å². The number of esters is 4. The Balaban J connectivity index is 0. The molecule has 0 saturated heterocycles. The lowest BCUT2D eigenvalue weighted by Gasteiger charge is -2.31. The van der Waals surface area contributed by atoms with Crippen LogP contribution in [0.15, 0.2) is 69.5 Å². The number of ether oxygens (including phenoxy) is 4. The topological polar surface area (TPSA) is 105 Å². The van der Waals surface area contributed by atoms with Gasteiger partial charge in [-0.2, -0.15) is 0 Å². The molecule has 0 aromatic heterocycles. The van der Waals surface area contributed by atoms with Gasteiger partial charge in [-0.15, -0.1) is 5.73 Å². The van der Waals surface area contributed by atoms with Crippen molar-refractivity contribution in [2.45, 2.75) is 0 Å². The maximum atomic E-state index is 11.3. The van der Waals surface area contributed by atoms with Crippen LogP contribution in [-0.2, 0) is 38.1 Å². The van der Waals surface area contributed by atoms with E-state index in [2.05, 4.69) is 45.2 Å². The van der Waals surface area contributed by atoms with E-state index < -0.39 is 29.3 Å². The summed E-state index contributed by atoms with van der Waals surface area (Å²) in [5.74, 6) is -3.04. The second kappa shape index (κ2) is 15.6. The molecule has 0 bridgehead atoms. The van der Waals surface area contributed by atoms with Gasteiger partial charge in [-0.1, -0.05) is 39.5 Å². The summed E-state index contributed by atoms with van der Waals surface area (Å²) in [6, 6.07) is 0. The van der Waals surface area contributed by atoms with Crippen molar-refractivity contribution >= 4 is 23.9 Å². The fraction of sp³-hybridized carbons (Fsp3) is 0.250. The zero-order valence-electron chi connectivity index (χ0n) is 15.6. The van der Waals surface area contributed by atoms with Crippen LogP contribution in [0, 0.1) is 5.41 Å². The Morgan fingerprint density at radius 3 is 0.929 bits per heavy atom. The predicted molar refractivity (Wildman–Crippen MR) is 102 cm³/mol. The molecule has 0 heterocycles. The number of rotatable bonds is 12. The Hall–Kier alpha value is -3.64. The van der Waals surface area contributed by atoms with E-state index in [0.717, 1.165) is 24.3 Å². The van der Waals surface area contributed by atoms with Gasteiger partial charge in [-0.05, 0) is 0 Å². The molecule has 0 aromatic rings. The quantitative estimate of drug-likeness (QED) is 0.214. The zero-order chi connectivity index (χ0) is 22.0. The van der Waals surface area contributed by atoms with Crippen LogP contribution in [0.3, 0.4) is 0 Å². The highest BCUT2D eigenvalue weighted by atomic mass is 16.6. The molecule has 28 heavy (non-hydrogen) atoms. The van der Waals surface area contributed by atoms with Crippen LogP contribution in [0.5, 0.6) is 0 Å². The molecule has 0 amide bonds. The summed E-state index contributed by atoms with van der Waals surface area (Å²) < 4.78 is 19.8. The van der Waals surface area contributed by atoms with E-state index in [-0.39, 0.29) is 26.4 Å². The summed E-state index contributed by atoms with van der Waals surface area (Å²) in [6.45, 7) is 17.8. The summed E-state index contributed by atoms with van der Waals surface area (Å²) in [4.78, 5) is 45.3. The van der Waals surface area contributed by atoms with Gasteiger partial charge >= 0.3 is 23.9 Å². The highest BCUT2D eigenvalue weighted by Crippen LogP contribution is 2.21. The minimum Gasteiger partial charge on any atom is -0.462 e. The summed E-state index contributed by atoms with van der Waals surface area (Å²) >= 11 is 0. The maximum Gasteiger partial charge on any atom is 0.330 e. The second-order valence-electron chi connectivity index (χ2n) is 5.00. The predicted octanol–water partition coefficient (Wildman–Crippen LogP) is 1.85. The molecule has 0 rings (SSSR count). The molecule has 0 aliphatic rings. The Morgan fingerprint density at radius 1 is 0.607 bits per heavy atom. The van der Waals surface area contributed by atoms with Crippen molar-refractivity contribution in [3.8, 4) is 0 Å². The van der Waals surface area contributed by atoms with Gasteiger partial charge in [0.25, 0.3) is 0 Å². The van der Waals surface area contributed by atoms with Crippen LogP contribution in [0.1, 0.15) is 0 Å². The molecule has 8 nitrogen and oxygen atoms in total. The van der Waals surface area contributed by atoms with Gasteiger partial charge in [0.05, 0.1) is 0 Å². The highest BCUT2D eigenvalue weighted by molar-refractivity contribution is 5.82. The van der Waals surface area contributed by atoms with E-state index in [1.165, 1.54) is 0 Å². The van der Waals surface area contributed by atoms with Gasteiger partial charge in [0.15, 0.2) is 0 Å².